The van der Waals surface area contributed by atoms with Gasteiger partial charge < -0.3 is 10.2 Å². The zero-order valence-corrected chi connectivity index (χ0v) is 12.6. The van der Waals surface area contributed by atoms with E-state index in [4.69, 9.17) is 0 Å². The number of amides is 1. The van der Waals surface area contributed by atoms with Gasteiger partial charge in [-0.25, -0.2) is 0 Å². The summed E-state index contributed by atoms with van der Waals surface area (Å²) in [6.45, 7) is 6.02. The molecule has 0 atom stereocenters. The van der Waals surface area contributed by atoms with Gasteiger partial charge in [-0.05, 0) is 25.3 Å². The normalized spacial score (nSPS) is 10.4. The fourth-order valence-electron chi connectivity index (χ4n) is 1.59. The third-order valence-corrected chi connectivity index (χ3v) is 4.26. The number of aromatic nitrogens is 2. The molecule has 0 saturated carbocycles. The molecule has 1 N–H and O–H groups in total. The van der Waals surface area contributed by atoms with Crippen molar-refractivity contribution in [3.63, 3.8) is 0 Å². The van der Waals surface area contributed by atoms with Gasteiger partial charge >= 0.3 is 0 Å². The minimum absolute atomic E-state index is 0.0578. The van der Waals surface area contributed by atoms with Gasteiger partial charge in [0.25, 0.3) is 5.91 Å². The first-order valence-corrected chi connectivity index (χ1v) is 7.83. The van der Waals surface area contributed by atoms with Crippen molar-refractivity contribution in [2.75, 3.05) is 18.4 Å². The van der Waals surface area contributed by atoms with Crippen LogP contribution in [0.3, 0.4) is 0 Å². The Bertz CT molecular complexity index is 524. The molecule has 1 amide bonds. The minimum atomic E-state index is -0.0578. The summed E-state index contributed by atoms with van der Waals surface area (Å²) in [7, 11) is 0. The van der Waals surface area contributed by atoms with Crippen LogP contribution >= 0.6 is 22.7 Å². The van der Waals surface area contributed by atoms with Crippen molar-refractivity contribution in [1.29, 1.82) is 0 Å². The first kappa shape index (κ1) is 14.0. The van der Waals surface area contributed by atoms with Crippen LogP contribution in [-0.2, 0) is 6.54 Å². The van der Waals surface area contributed by atoms with Gasteiger partial charge in [-0.1, -0.05) is 17.4 Å². The summed E-state index contributed by atoms with van der Waals surface area (Å²) in [5.74, 6) is -0.0578. The van der Waals surface area contributed by atoms with Crippen LogP contribution in [-0.4, -0.2) is 34.1 Å². The molecule has 2 heterocycles. The Labute approximate surface area is 120 Å². The Morgan fingerprint density at radius 2 is 2.26 bits per heavy atom. The van der Waals surface area contributed by atoms with E-state index in [-0.39, 0.29) is 5.91 Å². The van der Waals surface area contributed by atoms with E-state index in [0.717, 1.165) is 6.54 Å². The Hall–Kier alpha value is -1.47. The summed E-state index contributed by atoms with van der Waals surface area (Å²) in [4.78, 5) is 15.3. The zero-order valence-electron chi connectivity index (χ0n) is 10.9. The van der Waals surface area contributed by atoms with E-state index >= 15 is 0 Å². The summed E-state index contributed by atoms with van der Waals surface area (Å²) < 4.78 is 0. The molecule has 2 aromatic heterocycles. The van der Waals surface area contributed by atoms with Crippen molar-refractivity contribution >= 4 is 33.7 Å². The standard InChI is InChI=1S/C12H16N4OS2/c1-3-13-12-15-14-10(19-12)11(17)16(4-2)8-9-6-5-7-18-9/h5-7H,3-4,8H2,1-2H3,(H,13,15). The predicted molar refractivity (Wildman–Crippen MR) is 78.8 cm³/mol. The van der Waals surface area contributed by atoms with Gasteiger partial charge in [-0.3, -0.25) is 4.79 Å². The maximum absolute atomic E-state index is 12.3. The predicted octanol–water partition coefficient (Wildman–Crippen LogP) is 2.69. The van der Waals surface area contributed by atoms with Gasteiger partial charge in [-0.2, -0.15) is 0 Å². The van der Waals surface area contributed by atoms with Crippen LogP contribution < -0.4 is 5.32 Å². The molecule has 7 heteroatoms. The van der Waals surface area contributed by atoms with Crippen molar-refractivity contribution in [2.45, 2.75) is 20.4 Å². The third kappa shape index (κ3) is 3.51. The van der Waals surface area contributed by atoms with Gasteiger partial charge in [0, 0.05) is 18.0 Å². The molecule has 0 unspecified atom stereocenters. The molecule has 0 spiro atoms. The Morgan fingerprint density at radius 1 is 1.42 bits per heavy atom. The molecule has 2 rings (SSSR count). The van der Waals surface area contributed by atoms with E-state index in [2.05, 4.69) is 15.5 Å². The second-order valence-corrected chi connectivity index (χ2v) is 5.85. The highest BCUT2D eigenvalue weighted by Crippen LogP contribution is 2.19. The number of hydrogen-bond donors (Lipinski definition) is 1. The smallest absolute Gasteiger partial charge is 0.285 e. The second kappa shape index (κ2) is 6.63. The third-order valence-electron chi connectivity index (χ3n) is 2.53. The molecule has 102 valence electrons. The summed E-state index contributed by atoms with van der Waals surface area (Å²) in [5, 5.41) is 14.1. The van der Waals surface area contributed by atoms with E-state index in [1.54, 1.807) is 16.2 Å². The molecule has 0 aliphatic rings. The molecule has 0 aliphatic carbocycles. The highest BCUT2D eigenvalue weighted by atomic mass is 32.1. The van der Waals surface area contributed by atoms with Crippen LogP contribution in [0.1, 0.15) is 28.5 Å². The number of carbonyl (C=O) groups is 1. The average Bonchev–Trinajstić information content (AvgIpc) is 3.06. The number of rotatable bonds is 6. The van der Waals surface area contributed by atoms with Crippen LogP contribution in [0.2, 0.25) is 0 Å². The highest BCUT2D eigenvalue weighted by molar-refractivity contribution is 7.17. The molecular weight excluding hydrogens is 280 g/mol. The van der Waals surface area contributed by atoms with E-state index in [0.29, 0.717) is 23.2 Å². The average molecular weight is 296 g/mol. The van der Waals surface area contributed by atoms with Crippen molar-refractivity contribution in [2.24, 2.45) is 0 Å². The highest BCUT2D eigenvalue weighted by Gasteiger charge is 2.19. The van der Waals surface area contributed by atoms with E-state index in [1.807, 2.05) is 31.4 Å². The molecule has 0 saturated heterocycles. The summed E-state index contributed by atoms with van der Waals surface area (Å²) >= 11 is 2.95. The first-order valence-electron chi connectivity index (χ1n) is 6.13. The summed E-state index contributed by atoms with van der Waals surface area (Å²) in [6.07, 6.45) is 0. The molecule has 2 aromatic rings. The van der Waals surface area contributed by atoms with Crippen LogP contribution in [0, 0.1) is 0 Å². The van der Waals surface area contributed by atoms with E-state index in [1.165, 1.54) is 16.2 Å². The molecule has 19 heavy (non-hydrogen) atoms. The van der Waals surface area contributed by atoms with E-state index < -0.39 is 0 Å². The SMILES string of the molecule is CCNc1nnc(C(=O)N(CC)Cc2cccs2)s1. The van der Waals surface area contributed by atoms with Crippen molar-refractivity contribution in [3.05, 3.63) is 27.4 Å². The molecule has 0 bridgehead atoms. The van der Waals surface area contributed by atoms with Gasteiger partial charge in [0.1, 0.15) is 0 Å². The first-order chi connectivity index (χ1) is 9.24. The van der Waals surface area contributed by atoms with Crippen molar-refractivity contribution < 1.29 is 4.79 Å². The summed E-state index contributed by atoms with van der Waals surface area (Å²) in [6, 6.07) is 4.03. The largest absolute Gasteiger partial charge is 0.360 e. The number of carbonyl (C=O) groups excluding carboxylic acids is 1. The minimum Gasteiger partial charge on any atom is -0.360 e. The van der Waals surface area contributed by atoms with Crippen LogP contribution in [0.4, 0.5) is 5.13 Å². The quantitative estimate of drug-likeness (QED) is 0.890. The number of hydrogen-bond acceptors (Lipinski definition) is 6. The molecule has 0 aromatic carbocycles. The lowest BCUT2D eigenvalue weighted by molar-refractivity contribution is 0.0753. The Balaban J connectivity index is 2.06. The van der Waals surface area contributed by atoms with Gasteiger partial charge in [-0.15, -0.1) is 21.5 Å². The topological polar surface area (TPSA) is 58.1 Å². The van der Waals surface area contributed by atoms with Crippen LogP contribution in [0.5, 0.6) is 0 Å². The van der Waals surface area contributed by atoms with Gasteiger partial charge in [0.2, 0.25) is 10.1 Å². The number of nitrogens with one attached hydrogen (secondary N) is 1. The Morgan fingerprint density at radius 3 is 2.89 bits per heavy atom. The van der Waals surface area contributed by atoms with Crippen LogP contribution in [0.25, 0.3) is 0 Å². The Kier molecular flexibility index (Phi) is 4.86. The number of nitrogens with zero attached hydrogens (tertiary/aromatic N) is 3. The zero-order chi connectivity index (χ0) is 13.7. The van der Waals surface area contributed by atoms with Crippen LogP contribution in [0.15, 0.2) is 17.5 Å². The lowest BCUT2D eigenvalue weighted by Gasteiger charge is -2.18. The summed E-state index contributed by atoms with van der Waals surface area (Å²) in [5.41, 5.74) is 0. The number of anilines is 1. The molecule has 5 nitrogen and oxygen atoms in total. The fourth-order valence-corrected chi connectivity index (χ4v) is 3.08. The van der Waals surface area contributed by atoms with Crippen molar-refractivity contribution in [1.82, 2.24) is 15.1 Å². The number of thiophene rings is 1. The van der Waals surface area contributed by atoms with Gasteiger partial charge in [0.05, 0.1) is 6.54 Å². The molecule has 0 fully saturated rings. The van der Waals surface area contributed by atoms with Crippen molar-refractivity contribution in [3.8, 4) is 0 Å². The lowest BCUT2D eigenvalue weighted by Crippen LogP contribution is -2.29. The van der Waals surface area contributed by atoms with E-state index in [9.17, 15) is 4.79 Å². The lowest BCUT2D eigenvalue weighted by atomic mass is 10.4. The fraction of sp³-hybridized carbons (Fsp3) is 0.417. The second-order valence-electron chi connectivity index (χ2n) is 3.84. The maximum atomic E-state index is 12.3. The molecule has 0 aliphatic heterocycles. The maximum Gasteiger partial charge on any atom is 0.285 e. The van der Waals surface area contributed by atoms with Gasteiger partial charge in [0.15, 0.2) is 0 Å². The molecule has 0 radical (unpaired) electrons. The monoisotopic (exact) mass is 296 g/mol. The molecular formula is C12H16N4OS2.